The third-order valence-corrected chi connectivity index (χ3v) is 7.42. The van der Waals surface area contributed by atoms with Crippen LogP contribution in [0, 0.1) is 17.7 Å². The molecule has 29 heavy (non-hydrogen) atoms. The Balaban J connectivity index is 1.67. The number of likely N-dealkylation sites (tertiary alicyclic amines) is 1. The summed E-state index contributed by atoms with van der Waals surface area (Å²) in [6.45, 7) is 3.37. The SMILES string of the molecule is CCOC(=O)[C@@H]1CCCN(C(=O)[C@H]2CCCN(S(=O)(=O)c3ccc(F)cc3)C2)C1. The molecule has 1 amide bonds. The molecule has 2 heterocycles. The summed E-state index contributed by atoms with van der Waals surface area (Å²) in [4.78, 5) is 26.8. The first-order valence-electron chi connectivity index (χ1n) is 10.0. The summed E-state index contributed by atoms with van der Waals surface area (Å²) in [6, 6.07) is 4.71. The van der Waals surface area contributed by atoms with Crippen molar-refractivity contribution in [2.45, 2.75) is 37.5 Å². The topological polar surface area (TPSA) is 84.0 Å². The number of esters is 1. The predicted octanol–water partition coefficient (Wildman–Crippen LogP) is 2.03. The maximum absolute atomic E-state index is 13.1. The van der Waals surface area contributed by atoms with Gasteiger partial charge in [-0.25, -0.2) is 12.8 Å². The van der Waals surface area contributed by atoms with Gasteiger partial charge in [-0.2, -0.15) is 4.31 Å². The van der Waals surface area contributed by atoms with E-state index in [0.717, 1.165) is 18.6 Å². The number of amides is 1. The molecule has 3 rings (SSSR count). The van der Waals surface area contributed by atoms with Crippen LogP contribution in [0.1, 0.15) is 32.6 Å². The Morgan fingerprint density at radius 3 is 2.41 bits per heavy atom. The summed E-state index contributed by atoms with van der Waals surface area (Å²) in [7, 11) is -3.79. The molecule has 0 aromatic heterocycles. The number of hydrogen-bond donors (Lipinski definition) is 0. The molecular formula is C20H27FN2O5S. The van der Waals surface area contributed by atoms with Crippen LogP contribution in [0.25, 0.3) is 0 Å². The number of sulfonamides is 1. The first-order valence-corrected chi connectivity index (χ1v) is 11.5. The normalized spacial score (nSPS) is 23.6. The number of halogens is 1. The van der Waals surface area contributed by atoms with E-state index in [2.05, 4.69) is 0 Å². The van der Waals surface area contributed by atoms with Crippen molar-refractivity contribution in [2.24, 2.45) is 11.8 Å². The van der Waals surface area contributed by atoms with Crippen molar-refractivity contribution in [1.82, 2.24) is 9.21 Å². The number of benzene rings is 1. The molecular weight excluding hydrogens is 399 g/mol. The summed E-state index contributed by atoms with van der Waals surface area (Å²) in [5.41, 5.74) is 0. The van der Waals surface area contributed by atoms with Crippen LogP contribution < -0.4 is 0 Å². The molecule has 0 spiro atoms. The summed E-state index contributed by atoms with van der Waals surface area (Å²) >= 11 is 0. The highest BCUT2D eigenvalue weighted by Crippen LogP contribution is 2.27. The monoisotopic (exact) mass is 426 g/mol. The van der Waals surface area contributed by atoms with Gasteiger partial charge in [0.05, 0.1) is 23.3 Å². The van der Waals surface area contributed by atoms with E-state index >= 15 is 0 Å². The maximum Gasteiger partial charge on any atom is 0.310 e. The minimum Gasteiger partial charge on any atom is -0.466 e. The average molecular weight is 427 g/mol. The van der Waals surface area contributed by atoms with Gasteiger partial charge in [-0.15, -0.1) is 0 Å². The van der Waals surface area contributed by atoms with E-state index < -0.39 is 21.8 Å². The molecule has 2 saturated heterocycles. The van der Waals surface area contributed by atoms with E-state index in [1.165, 1.54) is 16.4 Å². The van der Waals surface area contributed by atoms with Crippen molar-refractivity contribution in [1.29, 1.82) is 0 Å². The van der Waals surface area contributed by atoms with Crippen LogP contribution in [-0.4, -0.2) is 62.3 Å². The Bertz CT molecular complexity index is 843. The van der Waals surface area contributed by atoms with Gasteiger partial charge < -0.3 is 9.64 Å². The lowest BCUT2D eigenvalue weighted by Crippen LogP contribution is -2.50. The van der Waals surface area contributed by atoms with Crippen molar-refractivity contribution in [3.05, 3.63) is 30.1 Å². The van der Waals surface area contributed by atoms with Crippen LogP contribution >= 0.6 is 0 Å². The molecule has 1 aromatic rings. The Morgan fingerprint density at radius 2 is 1.72 bits per heavy atom. The van der Waals surface area contributed by atoms with Crippen LogP contribution in [0.4, 0.5) is 4.39 Å². The molecule has 2 aliphatic rings. The second-order valence-corrected chi connectivity index (χ2v) is 9.47. The number of carbonyl (C=O) groups excluding carboxylic acids is 2. The maximum atomic E-state index is 13.1. The number of nitrogens with zero attached hydrogens (tertiary/aromatic N) is 2. The lowest BCUT2D eigenvalue weighted by atomic mass is 9.94. The number of piperidine rings is 2. The van der Waals surface area contributed by atoms with Gasteiger partial charge in [0.2, 0.25) is 15.9 Å². The van der Waals surface area contributed by atoms with Gasteiger partial charge in [-0.05, 0) is 56.9 Å². The lowest BCUT2D eigenvalue weighted by molar-refractivity contribution is -0.152. The number of rotatable bonds is 5. The van der Waals surface area contributed by atoms with Crippen molar-refractivity contribution < 1.29 is 27.1 Å². The highest BCUT2D eigenvalue weighted by molar-refractivity contribution is 7.89. The molecule has 0 radical (unpaired) electrons. The van der Waals surface area contributed by atoms with Crippen LogP contribution in [0.3, 0.4) is 0 Å². The highest BCUT2D eigenvalue weighted by Gasteiger charge is 2.37. The van der Waals surface area contributed by atoms with E-state index in [1.54, 1.807) is 11.8 Å². The molecule has 2 atom stereocenters. The highest BCUT2D eigenvalue weighted by atomic mass is 32.2. The fourth-order valence-electron chi connectivity index (χ4n) is 4.01. The van der Waals surface area contributed by atoms with Crippen molar-refractivity contribution >= 4 is 21.9 Å². The van der Waals surface area contributed by atoms with Crippen molar-refractivity contribution in [3.63, 3.8) is 0 Å². The fourth-order valence-corrected chi connectivity index (χ4v) is 5.53. The van der Waals surface area contributed by atoms with Crippen LogP contribution in [0.2, 0.25) is 0 Å². The minimum absolute atomic E-state index is 0.0207. The van der Waals surface area contributed by atoms with Gasteiger partial charge in [0.1, 0.15) is 5.82 Å². The van der Waals surface area contributed by atoms with Crippen molar-refractivity contribution in [2.75, 3.05) is 32.8 Å². The standard InChI is InChI=1S/C20H27FN2O5S/c1-2-28-20(25)16-6-3-11-22(13-16)19(24)15-5-4-12-23(14-15)29(26,27)18-9-7-17(21)8-10-18/h7-10,15-16H,2-6,11-14H2,1H3/t15-,16+/m0/s1. The largest absolute Gasteiger partial charge is 0.466 e. The number of carbonyl (C=O) groups is 2. The predicted molar refractivity (Wildman–Crippen MR) is 104 cm³/mol. The average Bonchev–Trinajstić information content (AvgIpc) is 2.74. The first-order chi connectivity index (χ1) is 13.8. The third-order valence-electron chi connectivity index (χ3n) is 5.54. The molecule has 7 nitrogen and oxygen atoms in total. The molecule has 2 aliphatic heterocycles. The molecule has 9 heteroatoms. The van der Waals surface area contributed by atoms with Gasteiger partial charge in [-0.3, -0.25) is 9.59 Å². The minimum atomic E-state index is -3.79. The number of hydrogen-bond acceptors (Lipinski definition) is 5. The third kappa shape index (κ3) is 4.95. The van der Waals surface area contributed by atoms with E-state index in [1.807, 2.05) is 0 Å². The zero-order chi connectivity index (χ0) is 21.0. The van der Waals surface area contributed by atoms with Gasteiger partial charge in [0, 0.05) is 26.2 Å². The smallest absolute Gasteiger partial charge is 0.310 e. The van der Waals surface area contributed by atoms with Gasteiger partial charge >= 0.3 is 5.97 Å². The molecule has 0 bridgehead atoms. The van der Waals surface area contributed by atoms with Gasteiger partial charge in [0.25, 0.3) is 0 Å². The second-order valence-electron chi connectivity index (χ2n) is 7.53. The van der Waals surface area contributed by atoms with E-state index in [4.69, 9.17) is 4.74 Å². The molecule has 160 valence electrons. The zero-order valence-electron chi connectivity index (χ0n) is 16.5. The van der Waals surface area contributed by atoms with Crippen molar-refractivity contribution in [3.8, 4) is 0 Å². The fraction of sp³-hybridized carbons (Fsp3) is 0.600. The van der Waals surface area contributed by atoms with Crippen LogP contribution in [0.5, 0.6) is 0 Å². The molecule has 0 aliphatic carbocycles. The summed E-state index contributed by atoms with van der Waals surface area (Å²) in [5, 5.41) is 0. The second kappa shape index (κ2) is 9.21. The number of ether oxygens (including phenoxy) is 1. The lowest BCUT2D eigenvalue weighted by Gasteiger charge is -2.37. The Morgan fingerprint density at radius 1 is 1.07 bits per heavy atom. The Kier molecular flexibility index (Phi) is 6.89. The summed E-state index contributed by atoms with van der Waals surface area (Å²) in [6.07, 6.45) is 2.60. The Labute approximate surface area is 170 Å². The van der Waals surface area contributed by atoms with E-state index in [-0.39, 0.29) is 29.2 Å². The zero-order valence-corrected chi connectivity index (χ0v) is 17.4. The molecule has 0 unspecified atom stereocenters. The van der Waals surface area contributed by atoms with Crippen LogP contribution in [-0.2, 0) is 24.3 Å². The quantitative estimate of drug-likeness (QED) is 0.673. The van der Waals surface area contributed by atoms with Crippen LogP contribution in [0.15, 0.2) is 29.2 Å². The van der Waals surface area contributed by atoms with Gasteiger partial charge in [0.15, 0.2) is 0 Å². The first kappa shape index (κ1) is 21.7. The van der Waals surface area contributed by atoms with E-state index in [9.17, 15) is 22.4 Å². The summed E-state index contributed by atoms with van der Waals surface area (Å²) < 4.78 is 45.3. The summed E-state index contributed by atoms with van der Waals surface area (Å²) in [5.74, 6) is -1.67. The Hall–Kier alpha value is -2.00. The van der Waals surface area contributed by atoms with Gasteiger partial charge in [-0.1, -0.05) is 0 Å². The molecule has 1 aromatic carbocycles. The van der Waals surface area contributed by atoms with E-state index in [0.29, 0.717) is 45.5 Å². The molecule has 0 saturated carbocycles. The molecule has 2 fully saturated rings. The molecule has 0 N–H and O–H groups in total.